The van der Waals surface area contributed by atoms with E-state index in [-0.39, 0.29) is 29.6 Å². The van der Waals surface area contributed by atoms with Crippen LogP contribution in [-0.4, -0.2) is 33.2 Å². The molecule has 0 aliphatic rings. The summed E-state index contributed by atoms with van der Waals surface area (Å²) in [6.45, 7) is 3.39. The molecule has 0 saturated carbocycles. The molecule has 0 aliphatic carbocycles. The van der Waals surface area contributed by atoms with Gasteiger partial charge in [-0.05, 0) is 43.7 Å². The van der Waals surface area contributed by atoms with Gasteiger partial charge in [-0.2, -0.15) is 0 Å². The first-order valence-corrected chi connectivity index (χ1v) is 10.7. The number of fused-ring (bicyclic) bond motifs is 1. The van der Waals surface area contributed by atoms with E-state index in [1.807, 2.05) is 24.3 Å². The Hall–Kier alpha value is -4.27. The number of para-hydroxylation sites is 2. The predicted molar refractivity (Wildman–Crippen MR) is 125 cm³/mol. The third-order valence-electron chi connectivity index (χ3n) is 5.58. The molecule has 0 aliphatic heterocycles. The van der Waals surface area contributed by atoms with E-state index in [1.165, 1.54) is 25.3 Å². The molecular formula is C25H25N3O6. The van der Waals surface area contributed by atoms with Gasteiger partial charge in [-0.25, -0.2) is 4.98 Å². The second-order valence-corrected chi connectivity index (χ2v) is 8.05. The number of hydrogen-bond donors (Lipinski definition) is 4. The van der Waals surface area contributed by atoms with Crippen molar-refractivity contribution in [2.45, 2.75) is 32.2 Å². The van der Waals surface area contributed by atoms with E-state index < -0.39 is 23.1 Å². The number of phenols is 1. The highest BCUT2D eigenvalue weighted by atomic mass is 16.5. The number of nitrogens with zero attached hydrogens (tertiary/aromatic N) is 1. The van der Waals surface area contributed by atoms with Crippen molar-refractivity contribution < 1.29 is 24.2 Å². The highest BCUT2D eigenvalue weighted by Gasteiger charge is 2.27. The number of carbonyl (C=O) groups is 1. The molecule has 2 aromatic carbocycles. The van der Waals surface area contributed by atoms with Gasteiger partial charge in [0.2, 0.25) is 17.1 Å². The van der Waals surface area contributed by atoms with E-state index in [9.17, 15) is 19.8 Å². The molecule has 4 aromatic rings. The number of aryl methyl sites for hydroxylation is 1. The number of aromatic amines is 1. The summed E-state index contributed by atoms with van der Waals surface area (Å²) in [4.78, 5) is 33.0. The summed E-state index contributed by atoms with van der Waals surface area (Å²) in [6.07, 6.45) is -0.140. The van der Waals surface area contributed by atoms with Crippen LogP contribution in [0.5, 0.6) is 17.2 Å². The molecule has 2 heterocycles. The van der Waals surface area contributed by atoms with Crippen LogP contribution in [-0.2, 0) is 4.79 Å². The maximum Gasteiger partial charge on any atom is 0.227 e. The third kappa shape index (κ3) is 4.59. The largest absolute Gasteiger partial charge is 0.504 e. The first-order chi connectivity index (χ1) is 16.3. The quantitative estimate of drug-likeness (QED) is 0.328. The summed E-state index contributed by atoms with van der Waals surface area (Å²) in [5, 5.41) is 23.3. The molecule has 0 saturated heterocycles. The van der Waals surface area contributed by atoms with Crippen molar-refractivity contribution in [3.05, 3.63) is 81.7 Å². The van der Waals surface area contributed by atoms with Gasteiger partial charge in [0, 0.05) is 12.5 Å². The maximum atomic E-state index is 13.1. The van der Waals surface area contributed by atoms with E-state index in [1.54, 1.807) is 19.9 Å². The summed E-state index contributed by atoms with van der Waals surface area (Å²) in [6, 6.07) is 12.8. The Kier molecular flexibility index (Phi) is 6.27. The average molecular weight is 463 g/mol. The van der Waals surface area contributed by atoms with Crippen LogP contribution < -0.4 is 15.5 Å². The number of H-pyrrole nitrogens is 1. The van der Waals surface area contributed by atoms with Crippen molar-refractivity contribution in [1.82, 2.24) is 15.3 Å². The number of benzene rings is 2. The van der Waals surface area contributed by atoms with Crippen LogP contribution in [0.2, 0.25) is 0 Å². The van der Waals surface area contributed by atoms with Crippen LogP contribution in [0.15, 0.2) is 57.7 Å². The molecule has 0 fully saturated rings. The van der Waals surface area contributed by atoms with Crippen molar-refractivity contribution >= 4 is 16.9 Å². The second kappa shape index (κ2) is 9.30. The Balaban J connectivity index is 1.65. The molecule has 0 radical (unpaired) electrons. The zero-order chi connectivity index (χ0) is 24.4. The normalized spacial score (nSPS) is 12.9. The average Bonchev–Trinajstić information content (AvgIpc) is 3.25. The van der Waals surface area contributed by atoms with Crippen LogP contribution in [0.4, 0.5) is 0 Å². The summed E-state index contributed by atoms with van der Waals surface area (Å²) in [5.41, 5.74) is 1.56. The topological polar surface area (TPSA) is 138 Å². The lowest BCUT2D eigenvalue weighted by molar-refractivity contribution is -0.122. The molecular weight excluding hydrogens is 438 g/mol. The molecule has 0 spiro atoms. The molecule has 0 bridgehead atoms. The fourth-order valence-corrected chi connectivity index (χ4v) is 3.87. The fourth-order valence-electron chi connectivity index (χ4n) is 3.87. The Bertz CT molecular complexity index is 1370. The van der Waals surface area contributed by atoms with Gasteiger partial charge in [0.1, 0.15) is 11.6 Å². The molecule has 34 heavy (non-hydrogen) atoms. The highest BCUT2D eigenvalue weighted by molar-refractivity contribution is 5.79. The van der Waals surface area contributed by atoms with Gasteiger partial charge < -0.3 is 29.7 Å². The van der Waals surface area contributed by atoms with Gasteiger partial charge in [0.15, 0.2) is 17.3 Å². The number of methoxy groups -OCH3 is 1. The van der Waals surface area contributed by atoms with E-state index in [0.717, 1.165) is 11.0 Å². The summed E-state index contributed by atoms with van der Waals surface area (Å²) < 4.78 is 10.9. The minimum atomic E-state index is -0.815. The van der Waals surface area contributed by atoms with Gasteiger partial charge in [-0.1, -0.05) is 18.2 Å². The minimum Gasteiger partial charge on any atom is -0.504 e. The smallest absolute Gasteiger partial charge is 0.227 e. The van der Waals surface area contributed by atoms with Gasteiger partial charge in [-0.3, -0.25) is 9.59 Å². The Morgan fingerprint density at radius 1 is 1.21 bits per heavy atom. The van der Waals surface area contributed by atoms with Crippen molar-refractivity contribution in [1.29, 1.82) is 0 Å². The lowest BCUT2D eigenvalue weighted by Gasteiger charge is -2.20. The van der Waals surface area contributed by atoms with Crippen molar-refractivity contribution in [3.8, 4) is 17.2 Å². The van der Waals surface area contributed by atoms with Crippen molar-refractivity contribution in [3.63, 3.8) is 0 Å². The van der Waals surface area contributed by atoms with E-state index in [0.29, 0.717) is 17.1 Å². The SMILES string of the molecule is COc1cc([C@@H](CC(=O)N[C@@H](C)c2nc3ccccc3[nH]2)c2oc(C)cc(=O)c2O)ccc1O. The monoisotopic (exact) mass is 463 g/mol. The molecule has 0 unspecified atom stereocenters. The number of aromatic hydroxyl groups is 2. The number of amides is 1. The Labute approximate surface area is 195 Å². The molecule has 9 heteroatoms. The van der Waals surface area contributed by atoms with Crippen LogP contribution in [0, 0.1) is 6.92 Å². The van der Waals surface area contributed by atoms with Crippen LogP contribution in [0.1, 0.15) is 48.2 Å². The molecule has 2 aromatic heterocycles. The number of carbonyl (C=O) groups excluding carboxylic acids is 1. The van der Waals surface area contributed by atoms with Gasteiger partial charge >= 0.3 is 0 Å². The number of aromatic nitrogens is 2. The van der Waals surface area contributed by atoms with Crippen molar-refractivity contribution in [2.24, 2.45) is 0 Å². The predicted octanol–water partition coefficient (Wildman–Crippen LogP) is 3.64. The number of phenolic OH excluding ortho intramolecular Hbond substituents is 1. The first kappa shape index (κ1) is 22.9. The van der Waals surface area contributed by atoms with Gasteiger partial charge in [-0.15, -0.1) is 0 Å². The molecule has 1 amide bonds. The van der Waals surface area contributed by atoms with Gasteiger partial charge in [0.25, 0.3) is 0 Å². The van der Waals surface area contributed by atoms with Gasteiger partial charge in [0.05, 0.1) is 30.1 Å². The van der Waals surface area contributed by atoms with Crippen LogP contribution in [0.25, 0.3) is 11.0 Å². The summed E-state index contributed by atoms with van der Waals surface area (Å²) in [7, 11) is 1.40. The molecule has 2 atom stereocenters. The first-order valence-electron chi connectivity index (χ1n) is 10.7. The second-order valence-electron chi connectivity index (χ2n) is 8.05. The standard InChI is InChI=1S/C25H25N3O6/c1-13-10-20(30)23(32)24(34-13)16(15-8-9-19(29)21(11-15)33-3)12-22(31)26-14(2)25-27-17-6-4-5-7-18(17)28-25/h4-11,14,16,29,32H,12H2,1-3H3,(H,26,31)(H,27,28)/t14-,16+/m0/s1. The summed E-state index contributed by atoms with van der Waals surface area (Å²) in [5.74, 6) is -0.772. The van der Waals surface area contributed by atoms with Crippen LogP contribution >= 0.6 is 0 Å². The summed E-state index contributed by atoms with van der Waals surface area (Å²) >= 11 is 0. The van der Waals surface area contributed by atoms with Crippen LogP contribution in [0.3, 0.4) is 0 Å². The fraction of sp³-hybridized carbons (Fsp3) is 0.240. The molecule has 176 valence electrons. The van der Waals surface area contributed by atoms with E-state index in [4.69, 9.17) is 9.15 Å². The minimum absolute atomic E-state index is 0.0377. The van der Waals surface area contributed by atoms with E-state index in [2.05, 4.69) is 15.3 Å². The number of hydrogen-bond acceptors (Lipinski definition) is 7. The number of rotatable bonds is 7. The lowest BCUT2D eigenvalue weighted by Crippen LogP contribution is -2.29. The highest BCUT2D eigenvalue weighted by Crippen LogP contribution is 2.37. The number of imidazole rings is 1. The lowest BCUT2D eigenvalue weighted by atomic mass is 9.91. The zero-order valence-electron chi connectivity index (χ0n) is 19.0. The Morgan fingerprint density at radius 3 is 2.71 bits per heavy atom. The number of ether oxygens (including phenoxy) is 1. The molecule has 9 nitrogen and oxygen atoms in total. The van der Waals surface area contributed by atoms with Crippen molar-refractivity contribution in [2.75, 3.05) is 7.11 Å². The third-order valence-corrected chi connectivity index (χ3v) is 5.58. The zero-order valence-corrected chi connectivity index (χ0v) is 19.0. The molecule has 4 rings (SSSR count). The van der Waals surface area contributed by atoms with E-state index >= 15 is 0 Å². The maximum absolute atomic E-state index is 13.1. The molecule has 4 N–H and O–H groups in total. The Morgan fingerprint density at radius 2 is 1.97 bits per heavy atom. The number of nitrogens with one attached hydrogen (secondary N) is 2.